The Labute approximate surface area is 114 Å². The molecule has 1 aromatic rings. The first kappa shape index (κ1) is 13.1. The fourth-order valence-electron chi connectivity index (χ4n) is 2.54. The van der Waals surface area contributed by atoms with Gasteiger partial charge in [0, 0.05) is 23.4 Å². The highest BCUT2D eigenvalue weighted by atomic mass is 32.1. The van der Waals surface area contributed by atoms with Crippen molar-refractivity contribution in [1.82, 2.24) is 0 Å². The molecule has 0 saturated heterocycles. The van der Waals surface area contributed by atoms with Gasteiger partial charge >= 0.3 is 0 Å². The Bertz CT molecular complexity index is 447. The molecule has 4 heteroatoms. The molecule has 98 valence electrons. The fourth-order valence-corrected chi connectivity index (χ4v) is 2.72. The van der Waals surface area contributed by atoms with Crippen molar-refractivity contribution in [3.8, 4) is 5.75 Å². The van der Waals surface area contributed by atoms with Crippen LogP contribution in [-0.2, 0) is 0 Å². The highest BCUT2D eigenvalue weighted by molar-refractivity contribution is 7.80. The SMILES string of the molecule is COc1ccc(C(N)=S)c(NC2CCC(C)C2)c1. The third kappa shape index (κ3) is 2.93. The van der Waals surface area contributed by atoms with Crippen LogP contribution in [0.25, 0.3) is 0 Å². The summed E-state index contributed by atoms with van der Waals surface area (Å²) in [7, 11) is 1.66. The molecule has 2 unspecified atom stereocenters. The van der Waals surface area contributed by atoms with E-state index in [1.165, 1.54) is 19.3 Å². The lowest BCUT2D eigenvalue weighted by Crippen LogP contribution is -2.19. The number of ether oxygens (including phenoxy) is 1. The second-order valence-corrected chi connectivity index (χ2v) is 5.48. The summed E-state index contributed by atoms with van der Waals surface area (Å²) >= 11 is 5.09. The minimum atomic E-state index is 0.422. The molecule has 0 amide bonds. The number of hydrogen-bond acceptors (Lipinski definition) is 3. The number of benzene rings is 1. The quantitative estimate of drug-likeness (QED) is 0.821. The van der Waals surface area contributed by atoms with Crippen LogP contribution in [0.15, 0.2) is 18.2 Å². The van der Waals surface area contributed by atoms with Gasteiger partial charge in [0.05, 0.1) is 7.11 Å². The zero-order valence-corrected chi connectivity index (χ0v) is 11.7. The first-order valence-corrected chi connectivity index (χ1v) is 6.75. The molecule has 1 fully saturated rings. The first-order chi connectivity index (χ1) is 8.60. The Morgan fingerprint density at radius 2 is 2.22 bits per heavy atom. The molecule has 0 bridgehead atoms. The molecule has 0 radical (unpaired) electrons. The summed E-state index contributed by atoms with van der Waals surface area (Å²) < 4.78 is 5.25. The van der Waals surface area contributed by atoms with Gasteiger partial charge in [-0.05, 0) is 37.3 Å². The van der Waals surface area contributed by atoms with E-state index in [9.17, 15) is 0 Å². The molecular formula is C14H20N2OS. The summed E-state index contributed by atoms with van der Waals surface area (Å²) in [5.41, 5.74) is 7.64. The van der Waals surface area contributed by atoms with Crippen molar-refractivity contribution in [3.05, 3.63) is 23.8 Å². The van der Waals surface area contributed by atoms with E-state index in [2.05, 4.69) is 12.2 Å². The molecule has 0 heterocycles. The van der Waals surface area contributed by atoms with Crippen molar-refractivity contribution in [3.63, 3.8) is 0 Å². The van der Waals surface area contributed by atoms with Crippen LogP contribution in [0.2, 0.25) is 0 Å². The van der Waals surface area contributed by atoms with Crippen molar-refractivity contribution in [2.24, 2.45) is 11.7 Å². The van der Waals surface area contributed by atoms with Crippen LogP contribution in [0, 0.1) is 5.92 Å². The van der Waals surface area contributed by atoms with E-state index in [1.807, 2.05) is 18.2 Å². The molecule has 0 aromatic heterocycles. The Hall–Kier alpha value is -1.29. The number of anilines is 1. The van der Waals surface area contributed by atoms with E-state index in [0.29, 0.717) is 11.0 Å². The predicted octanol–water partition coefficient (Wildman–Crippen LogP) is 2.93. The van der Waals surface area contributed by atoms with Crippen molar-refractivity contribution in [1.29, 1.82) is 0 Å². The lowest BCUT2D eigenvalue weighted by atomic mass is 10.1. The minimum Gasteiger partial charge on any atom is -0.497 e. The van der Waals surface area contributed by atoms with E-state index in [4.69, 9.17) is 22.7 Å². The van der Waals surface area contributed by atoms with E-state index in [0.717, 1.165) is 22.9 Å². The second-order valence-electron chi connectivity index (χ2n) is 5.04. The Kier molecular flexibility index (Phi) is 4.07. The van der Waals surface area contributed by atoms with Crippen LogP contribution in [0.1, 0.15) is 31.7 Å². The normalized spacial score (nSPS) is 22.8. The molecule has 1 aliphatic rings. The molecule has 3 N–H and O–H groups in total. The molecule has 1 aromatic carbocycles. The van der Waals surface area contributed by atoms with Crippen LogP contribution >= 0.6 is 12.2 Å². The third-order valence-corrected chi connectivity index (χ3v) is 3.77. The average Bonchev–Trinajstić information content (AvgIpc) is 2.74. The van der Waals surface area contributed by atoms with Gasteiger partial charge in [0.25, 0.3) is 0 Å². The molecule has 1 aliphatic carbocycles. The highest BCUT2D eigenvalue weighted by Gasteiger charge is 2.22. The average molecular weight is 264 g/mol. The number of methoxy groups -OCH3 is 1. The van der Waals surface area contributed by atoms with Crippen molar-refractivity contribution >= 4 is 22.9 Å². The van der Waals surface area contributed by atoms with Crippen LogP contribution in [-0.4, -0.2) is 18.1 Å². The van der Waals surface area contributed by atoms with Crippen molar-refractivity contribution in [2.75, 3.05) is 12.4 Å². The Balaban J connectivity index is 2.21. The topological polar surface area (TPSA) is 47.3 Å². The maximum atomic E-state index is 5.76. The van der Waals surface area contributed by atoms with Crippen molar-refractivity contribution < 1.29 is 4.74 Å². The van der Waals surface area contributed by atoms with Gasteiger partial charge in [-0.25, -0.2) is 0 Å². The van der Waals surface area contributed by atoms with Gasteiger partial charge in [-0.3, -0.25) is 0 Å². The molecule has 2 atom stereocenters. The summed E-state index contributed by atoms with van der Waals surface area (Å²) in [6, 6.07) is 6.29. The molecule has 1 saturated carbocycles. The van der Waals surface area contributed by atoms with Gasteiger partial charge in [0.2, 0.25) is 0 Å². The zero-order valence-electron chi connectivity index (χ0n) is 10.9. The highest BCUT2D eigenvalue weighted by Crippen LogP contribution is 2.30. The predicted molar refractivity (Wildman–Crippen MR) is 79.3 cm³/mol. The lowest BCUT2D eigenvalue weighted by Gasteiger charge is -2.18. The number of rotatable bonds is 4. The van der Waals surface area contributed by atoms with E-state index in [-0.39, 0.29) is 0 Å². The molecule has 18 heavy (non-hydrogen) atoms. The van der Waals surface area contributed by atoms with Gasteiger partial charge in [-0.15, -0.1) is 0 Å². The van der Waals surface area contributed by atoms with Gasteiger partial charge in [0.15, 0.2) is 0 Å². The molecular weight excluding hydrogens is 244 g/mol. The van der Waals surface area contributed by atoms with E-state index >= 15 is 0 Å². The Morgan fingerprint density at radius 3 is 2.78 bits per heavy atom. The monoisotopic (exact) mass is 264 g/mol. The summed E-state index contributed by atoms with van der Waals surface area (Å²) in [4.78, 5) is 0.422. The first-order valence-electron chi connectivity index (χ1n) is 6.34. The van der Waals surface area contributed by atoms with Crippen LogP contribution in [0.4, 0.5) is 5.69 Å². The summed E-state index contributed by atoms with van der Waals surface area (Å²) in [6.45, 7) is 2.29. The molecule has 2 rings (SSSR count). The standard InChI is InChI=1S/C14H20N2OS/c1-9-3-4-10(7-9)16-13-8-11(17-2)5-6-12(13)14(15)18/h5-6,8-10,16H,3-4,7H2,1-2H3,(H2,15,18). The fraction of sp³-hybridized carbons (Fsp3) is 0.500. The summed E-state index contributed by atoms with van der Waals surface area (Å²) in [6.07, 6.45) is 3.69. The zero-order chi connectivity index (χ0) is 13.1. The second kappa shape index (κ2) is 5.57. The maximum Gasteiger partial charge on any atom is 0.120 e. The third-order valence-electron chi connectivity index (χ3n) is 3.55. The number of nitrogens with two attached hydrogens (primary N) is 1. The number of nitrogens with one attached hydrogen (secondary N) is 1. The van der Waals surface area contributed by atoms with E-state index in [1.54, 1.807) is 7.11 Å². The largest absolute Gasteiger partial charge is 0.497 e. The minimum absolute atomic E-state index is 0.422. The van der Waals surface area contributed by atoms with Gasteiger partial charge < -0.3 is 15.8 Å². The van der Waals surface area contributed by atoms with Crippen LogP contribution in [0.3, 0.4) is 0 Å². The molecule has 0 aliphatic heterocycles. The van der Waals surface area contributed by atoms with Crippen LogP contribution < -0.4 is 15.8 Å². The Morgan fingerprint density at radius 1 is 1.44 bits per heavy atom. The van der Waals surface area contributed by atoms with Crippen LogP contribution in [0.5, 0.6) is 5.75 Å². The summed E-state index contributed by atoms with van der Waals surface area (Å²) in [5.74, 6) is 1.62. The smallest absolute Gasteiger partial charge is 0.120 e. The van der Waals surface area contributed by atoms with Gasteiger partial charge in [0.1, 0.15) is 10.7 Å². The van der Waals surface area contributed by atoms with Gasteiger partial charge in [-0.1, -0.05) is 19.1 Å². The number of thiocarbonyl (C=S) groups is 1. The molecule has 3 nitrogen and oxygen atoms in total. The maximum absolute atomic E-state index is 5.76. The van der Waals surface area contributed by atoms with Gasteiger partial charge in [-0.2, -0.15) is 0 Å². The van der Waals surface area contributed by atoms with E-state index < -0.39 is 0 Å². The number of hydrogen-bond donors (Lipinski definition) is 2. The van der Waals surface area contributed by atoms with Crippen molar-refractivity contribution in [2.45, 2.75) is 32.2 Å². The lowest BCUT2D eigenvalue weighted by molar-refractivity contribution is 0.415. The molecule has 0 spiro atoms. The summed E-state index contributed by atoms with van der Waals surface area (Å²) in [5, 5.41) is 3.55.